The van der Waals surface area contributed by atoms with Crippen LogP contribution in [0.2, 0.25) is 5.02 Å². The van der Waals surface area contributed by atoms with Crippen LogP contribution in [-0.4, -0.2) is 31.1 Å². The summed E-state index contributed by atoms with van der Waals surface area (Å²) >= 11 is 5.89. The standard InChI is InChI=1S/C17H17ClN2O5/c1-24-14-5-2-12(3-6-14)8-9-19-17(21)11-25-16-7-4-13(20(22)23)10-15(16)18/h2-7,10H,8-9,11H2,1H3,(H,19,21). The van der Waals surface area contributed by atoms with Crippen LogP contribution in [-0.2, 0) is 11.2 Å². The summed E-state index contributed by atoms with van der Waals surface area (Å²) in [5.74, 6) is 0.696. The Morgan fingerprint density at radius 2 is 1.96 bits per heavy atom. The molecule has 0 bridgehead atoms. The van der Waals surface area contributed by atoms with Gasteiger partial charge in [0.25, 0.3) is 11.6 Å². The van der Waals surface area contributed by atoms with Crippen LogP contribution in [0.3, 0.4) is 0 Å². The largest absolute Gasteiger partial charge is 0.497 e. The molecule has 0 radical (unpaired) electrons. The quantitative estimate of drug-likeness (QED) is 0.574. The first-order valence-corrected chi connectivity index (χ1v) is 7.84. The minimum absolute atomic E-state index is 0.0835. The van der Waals surface area contributed by atoms with Crippen LogP contribution in [0, 0.1) is 10.1 Å². The van der Waals surface area contributed by atoms with E-state index in [1.54, 1.807) is 7.11 Å². The van der Waals surface area contributed by atoms with Gasteiger partial charge in [-0.3, -0.25) is 14.9 Å². The highest BCUT2D eigenvalue weighted by Crippen LogP contribution is 2.28. The number of amides is 1. The number of halogens is 1. The first kappa shape index (κ1) is 18.5. The number of carbonyl (C=O) groups excluding carboxylic acids is 1. The van der Waals surface area contributed by atoms with Crippen molar-refractivity contribution in [2.24, 2.45) is 0 Å². The maximum Gasteiger partial charge on any atom is 0.271 e. The smallest absolute Gasteiger partial charge is 0.271 e. The Morgan fingerprint density at radius 3 is 2.56 bits per heavy atom. The predicted molar refractivity (Wildman–Crippen MR) is 93.3 cm³/mol. The van der Waals surface area contributed by atoms with Gasteiger partial charge in [0.15, 0.2) is 6.61 Å². The third-order valence-electron chi connectivity index (χ3n) is 3.38. The zero-order valence-corrected chi connectivity index (χ0v) is 14.3. The topological polar surface area (TPSA) is 90.7 Å². The molecule has 0 spiro atoms. The van der Waals surface area contributed by atoms with Crippen molar-refractivity contribution in [3.63, 3.8) is 0 Å². The second kappa shape index (κ2) is 8.89. The van der Waals surface area contributed by atoms with Crippen LogP contribution < -0.4 is 14.8 Å². The molecule has 0 aliphatic heterocycles. The molecule has 7 nitrogen and oxygen atoms in total. The second-order valence-corrected chi connectivity index (χ2v) is 5.52. The van der Waals surface area contributed by atoms with E-state index in [-0.39, 0.29) is 29.0 Å². The number of hydrogen-bond acceptors (Lipinski definition) is 5. The van der Waals surface area contributed by atoms with Crippen molar-refractivity contribution in [1.82, 2.24) is 5.32 Å². The fraction of sp³-hybridized carbons (Fsp3) is 0.235. The molecule has 2 rings (SSSR count). The van der Waals surface area contributed by atoms with Crippen LogP contribution in [0.25, 0.3) is 0 Å². The molecule has 8 heteroatoms. The third kappa shape index (κ3) is 5.65. The number of ether oxygens (including phenoxy) is 2. The molecule has 2 aromatic rings. The summed E-state index contributed by atoms with van der Waals surface area (Å²) in [6.45, 7) is 0.239. The van der Waals surface area contributed by atoms with E-state index in [9.17, 15) is 14.9 Å². The monoisotopic (exact) mass is 364 g/mol. The van der Waals surface area contributed by atoms with Crippen molar-refractivity contribution >= 4 is 23.2 Å². The van der Waals surface area contributed by atoms with Gasteiger partial charge in [0.2, 0.25) is 0 Å². The van der Waals surface area contributed by atoms with Gasteiger partial charge < -0.3 is 14.8 Å². The van der Waals surface area contributed by atoms with E-state index in [2.05, 4.69) is 5.32 Å². The number of nitrogens with one attached hydrogen (secondary N) is 1. The lowest BCUT2D eigenvalue weighted by Crippen LogP contribution is -2.30. The molecular weight excluding hydrogens is 348 g/mol. The third-order valence-corrected chi connectivity index (χ3v) is 3.68. The molecule has 0 heterocycles. The molecule has 1 N–H and O–H groups in total. The number of nitro groups is 1. The molecule has 0 aliphatic carbocycles. The summed E-state index contributed by atoms with van der Waals surface area (Å²) in [7, 11) is 1.60. The molecular formula is C17H17ClN2O5. The van der Waals surface area contributed by atoms with E-state index >= 15 is 0 Å². The van der Waals surface area contributed by atoms with E-state index in [0.717, 1.165) is 11.3 Å². The van der Waals surface area contributed by atoms with Crippen molar-refractivity contribution in [2.75, 3.05) is 20.3 Å². The summed E-state index contributed by atoms with van der Waals surface area (Å²) in [5, 5.41) is 13.5. The number of rotatable bonds is 8. The first-order chi connectivity index (χ1) is 12.0. The molecule has 0 saturated carbocycles. The fourth-order valence-corrected chi connectivity index (χ4v) is 2.28. The van der Waals surface area contributed by atoms with Gasteiger partial charge in [0, 0.05) is 18.7 Å². The Bertz CT molecular complexity index is 749. The van der Waals surface area contributed by atoms with Gasteiger partial charge >= 0.3 is 0 Å². The first-order valence-electron chi connectivity index (χ1n) is 7.46. The Labute approximate surface area is 149 Å². The van der Waals surface area contributed by atoms with Crippen molar-refractivity contribution in [1.29, 1.82) is 0 Å². The molecule has 132 valence electrons. The molecule has 0 atom stereocenters. The van der Waals surface area contributed by atoms with Gasteiger partial charge in [0.05, 0.1) is 17.1 Å². The predicted octanol–water partition coefficient (Wildman–Crippen LogP) is 2.99. The van der Waals surface area contributed by atoms with E-state index in [0.29, 0.717) is 13.0 Å². The Morgan fingerprint density at radius 1 is 1.24 bits per heavy atom. The SMILES string of the molecule is COc1ccc(CCNC(=O)COc2ccc([N+](=O)[O-])cc2Cl)cc1. The number of non-ortho nitro benzene ring substituents is 1. The summed E-state index contributed by atoms with van der Waals surface area (Å²) in [6, 6.07) is 11.4. The van der Waals surface area contributed by atoms with E-state index in [4.69, 9.17) is 21.1 Å². The molecule has 0 fully saturated rings. The number of benzene rings is 2. The number of carbonyl (C=O) groups is 1. The van der Waals surface area contributed by atoms with Gasteiger partial charge in [-0.2, -0.15) is 0 Å². The summed E-state index contributed by atoms with van der Waals surface area (Å²) in [4.78, 5) is 21.9. The van der Waals surface area contributed by atoms with E-state index in [1.165, 1.54) is 18.2 Å². The highest BCUT2D eigenvalue weighted by molar-refractivity contribution is 6.32. The van der Waals surface area contributed by atoms with Crippen molar-refractivity contribution < 1.29 is 19.2 Å². The Balaban J connectivity index is 1.76. The second-order valence-electron chi connectivity index (χ2n) is 5.11. The molecule has 0 aromatic heterocycles. The van der Waals surface area contributed by atoms with Crippen LogP contribution in [0.4, 0.5) is 5.69 Å². The maximum atomic E-state index is 11.8. The molecule has 0 aliphatic rings. The van der Waals surface area contributed by atoms with Gasteiger partial charge in [-0.25, -0.2) is 0 Å². The minimum atomic E-state index is -0.554. The average Bonchev–Trinajstić information content (AvgIpc) is 2.61. The van der Waals surface area contributed by atoms with Crippen molar-refractivity contribution in [3.05, 3.63) is 63.2 Å². The normalized spacial score (nSPS) is 10.2. The number of hydrogen-bond donors (Lipinski definition) is 1. The average molecular weight is 365 g/mol. The lowest BCUT2D eigenvalue weighted by atomic mass is 10.1. The Hall–Kier alpha value is -2.80. The lowest BCUT2D eigenvalue weighted by Gasteiger charge is -2.09. The Kier molecular flexibility index (Phi) is 6.59. The minimum Gasteiger partial charge on any atom is -0.497 e. The summed E-state index contributed by atoms with van der Waals surface area (Å²) in [5.41, 5.74) is 0.932. The fourth-order valence-electron chi connectivity index (χ4n) is 2.05. The van der Waals surface area contributed by atoms with Crippen LogP contribution in [0.1, 0.15) is 5.56 Å². The number of methoxy groups -OCH3 is 1. The van der Waals surface area contributed by atoms with E-state index < -0.39 is 4.92 Å². The van der Waals surface area contributed by atoms with Gasteiger partial charge in [-0.1, -0.05) is 23.7 Å². The zero-order chi connectivity index (χ0) is 18.2. The molecule has 0 unspecified atom stereocenters. The maximum absolute atomic E-state index is 11.8. The summed E-state index contributed by atoms with van der Waals surface area (Å²) < 4.78 is 10.4. The van der Waals surface area contributed by atoms with Gasteiger partial charge in [-0.05, 0) is 30.2 Å². The molecule has 2 aromatic carbocycles. The van der Waals surface area contributed by atoms with E-state index in [1.807, 2.05) is 24.3 Å². The van der Waals surface area contributed by atoms with Crippen LogP contribution in [0.5, 0.6) is 11.5 Å². The highest BCUT2D eigenvalue weighted by Gasteiger charge is 2.11. The number of nitrogens with zero attached hydrogens (tertiary/aromatic N) is 1. The molecule has 25 heavy (non-hydrogen) atoms. The molecule has 1 amide bonds. The van der Waals surface area contributed by atoms with Crippen LogP contribution >= 0.6 is 11.6 Å². The molecule has 0 saturated heterocycles. The highest BCUT2D eigenvalue weighted by atomic mass is 35.5. The van der Waals surface area contributed by atoms with Crippen LogP contribution in [0.15, 0.2) is 42.5 Å². The lowest BCUT2D eigenvalue weighted by molar-refractivity contribution is -0.384. The van der Waals surface area contributed by atoms with Crippen molar-refractivity contribution in [2.45, 2.75) is 6.42 Å². The zero-order valence-electron chi connectivity index (χ0n) is 13.5. The number of nitro benzene ring substituents is 1. The van der Waals surface area contributed by atoms with Crippen molar-refractivity contribution in [3.8, 4) is 11.5 Å². The van der Waals surface area contributed by atoms with Gasteiger partial charge in [0.1, 0.15) is 11.5 Å². The van der Waals surface area contributed by atoms with Gasteiger partial charge in [-0.15, -0.1) is 0 Å². The summed E-state index contributed by atoms with van der Waals surface area (Å²) in [6.07, 6.45) is 0.675.